The molecule has 220 valence electrons. The standard InChI is InChI=1S/C30H35Cl2N3O5S/c1-4-6-19-33-30(37)28(5-2)34(20-25-26(31)13-10-14-27(25)32)29(36)21-35(22-15-17-23(40-3)18-16-22)41(38,39)24-11-8-7-9-12-24/h7-18,28H,4-6,19-21H2,1-3H3,(H,33,37)/t28-/m0/s1. The summed E-state index contributed by atoms with van der Waals surface area (Å²) in [5.41, 5.74) is 0.727. The number of nitrogens with one attached hydrogen (secondary N) is 1. The molecule has 0 bridgehead atoms. The number of hydrogen-bond donors (Lipinski definition) is 1. The van der Waals surface area contributed by atoms with E-state index in [-0.39, 0.29) is 23.0 Å². The molecule has 8 nitrogen and oxygen atoms in total. The number of halogens is 2. The van der Waals surface area contributed by atoms with Gasteiger partial charge in [0.15, 0.2) is 0 Å². The van der Waals surface area contributed by atoms with Gasteiger partial charge in [-0.2, -0.15) is 0 Å². The molecule has 0 radical (unpaired) electrons. The smallest absolute Gasteiger partial charge is 0.264 e. The van der Waals surface area contributed by atoms with Crippen molar-refractivity contribution in [2.75, 3.05) is 24.5 Å². The van der Waals surface area contributed by atoms with Gasteiger partial charge in [-0.25, -0.2) is 8.42 Å². The van der Waals surface area contributed by atoms with E-state index in [1.807, 2.05) is 6.92 Å². The fourth-order valence-electron chi connectivity index (χ4n) is 4.28. The van der Waals surface area contributed by atoms with Gasteiger partial charge in [0.2, 0.25) is 11.8 Å². The largest absolute Gasteiger partial charge is 0.497 e. The molecule has 0 heterocycles. The fourth-order valence-corrected chi connectivity index (χ4v) is 6.23. The number of sulfonamides is 1. The summed E-state index contributed by atoms with van der Waals surface area (Å²) in [5, 5.41) is 3.56. The second kappa shape index (κ2) is 15.1. The number of carbonyl (C=O) groups is 2. The number of amides is 2. The van der Waals surface area contributed by atoms with Crippen molar-refractivity contribution in [1.29, 1.82) is 0 Å². The molecule has 11 heteroatoms. The fraction of sp³-hybridized carbons (Fsp3) is 0.333. The normalized spacial score (nSPS) is 11.9. The predicted octanol–water partition coefficient (Wildman–Crippen LogP) is 5.92. The Morgan fingerprint density at radius 1 is 0.927 bits per heavy atom. The lowest BCUT2D eigenvalue weighted by Gasteiger charge is -2.33. The minimum atomic E-state index is -4.17. The Bertz CT molecular complexity index is 1400. The molecule has 0 spiro atoms. The van der Waals surface area contributed by atoms with Crippen LogP contribution in [-0.2, 0) is 26.2 Å². The van der Waals surface area contributed by atoms with Crippen molar-refractivity contribution in [3.8, 4) is 5.75 Å². The molecular weight excluding hydrogens is 585 g/mol. The molecule has 2 amide bonds. The summed E-state index contributed by atoms with van der Waals surface area (Å²) in [6, 6.07) is 18.3. The number of hydrogen-bond acceptors (Lipinski definition) is 5. The first-order valence-electron chi connectivity index (χ1n) is 13.4. The van der Waals surface area contributed by atoms with Crippen LogP contribution in [0, 0.1) is 0 Å². The Hall–Kier alpha value is -3.27. The third kappa shape index (κ3) is 8.15. The third-order valence-corrected chi connectivity index (χ3v) is 9.07. The Morgan fingerprint density at radius 3 is 2.12 bits per heavy atom. The highest BCUT2D eigenvalue weighted by molar-refractivity contribution is 7.92. The summed E-state index contributed by atoms with van der Waals surface area (Å²) in [6.07, 6.45) is 1.97. The van der Waals surface area contributed by atoms with E-state index in [4.69, 9.17) is 27.9 Å². The minimum Gasteiger partial charge on any atom is -0.497 e. The SMILES string of the molecule is CCCCNC(=O)[C@H](CC)N(Cc1c(Cl)cccc1Cl)C(=O)CN(c1ccc(OC)cc1)S(=O)(=O)c1ccccc1. The van der Waals surface area contributed by atoms with Crippen molar-refractivity contribution in [3.63, 3.8) is 0 Å². The van der Waals surface area contributed by atoms with Gasteiger partial charge in [-0.1, -0.05) is 67.7 Å². The zero-order valence-electron chi connectivity index (χ0n) is 23.3. The maximum absolute atomic E-state index is 14.1. The Kier molecular flexibility index (Phi) is 11.9. The molecule has 3 aromatic rings. The highest BCUT2D eigenvalue weighted by Gasteiger charge is 2.34. The van der Waals surface area contributed by atoms with Crippen LogP contribution >= 0.6 is 23.2 Å². The van der Waals surface area contributed by atoms with E-state index >= 15 is 0 Å². The monoisotopic (exact) mass is 619 g/mol. The van der Waals surface area contributed by atoms with E-state index in [0.717, 1.165) is 17.1 Å². The van der Waals surface area contributed by atoms with Gasteiger partial charge in [0.05, 0.1) is 17.7 Å². The van der Waals surface area contributed by atoms with Crippen LogP contribution in [0.25, 0.3) is 0 Å². The van der Waals surface area contributed by atoms with Crippen molar-refractivity contribution in [3.05, 3.63) is 88.4 Å². The number of rotatable bonds is 14. The van der Waals surface area contributed by atoms with Gasteiger partial charge in [0, 0.05) is 28.7 Å². The summed E-state index contributed by atoms with van der Waals surface area (Å²) in [5.74, 6) is -0.393. The van der Waals surface area contributed by atoms with E-state index < -0.39 is 28.5 Å². The molecular formula is C30H35Cl2N3O5S. The lowest BCUT2D eigenvalue weighted by molar-refractivity contribution is -0.140. The van der Waals surface area contributed by atoms with Gasteiger partial charge >= 0.3 is 0 Å². The van der Waals surface area contributed by atoms with E-state index in [0.29, 0.717) is 34.3 Å². The van der Waals surface area contributed by atoms with Gasteiger partial charge in [-0.3, -0.25) is 13.9 Å². The van der Waals surface area contributed by atoms with Gasteiger partial charge in [0.1, 0.15) is 18.3 Å². The first-order chi connectivity index (χ1) is 19.6. The quantitative estimate of drug-likeness (QED) is 0.226. The molecule has 41 heavy (non-hydrogen) atoms. The summed E-state index contributed by atoms with van der Waals surface area (Å²) in [7, 11) is -2.66. The number of nitrogens with zero attached hydrogens (tertiary/aromatic N) is 2. The molecule has 3 rings (SSSR count). The maximum Gasteiger partial charge on any atom is 0.264 e. The molecule has 0 unspecified atom stereocenters. The third-order valence-electron chi connectivity index (χ3n) is 6.58. The summed E-state index contributed by atoms with van der Waals surface area (Å²) >= 11 is 12.9. The second-order valence-electron chi connectivity index (χ2n) is 9.31. The van der Waals surface area contributed by atoms with Crippen LogP contribution < -0.4 is 14.4 Å². The molecule has 0 aliphatic carbocycles. The average molecular weight is 621 g/mol. The first-order valence-corrected chi connectivity index (χ1v) is 15.6. The highest BCUT2D eigenvalue weighted by Crippen LogP contribution is 2.29. The van der Waals surface area contributed by atoms with Gasteiger partial charge in [0.25, 0.3) is 10.0 Å². The van der Waals surface area contributed by atoms with Crippen molar-refractivity contribution in [1.82, 2.24) is 10.2 Å². The van der Waals surface area contributed by atoms with Crippen LogP contribution in [0.2, 0.25) is 10.0 Å². The minimum absolute atomic E-state index is 0.0219. The van der Waals surface area contributed by atoms with Crippen LogP contribution in [0.3, 0.4) is 0 Å². The van der Waals surface area contributed by atoms with E-state index in [9.17, 15) is 18.0 Å². The van der Waals surface area contributed by atoms with E-state index in [2.05, 4.69) is 5.32 Å². The Labute approximate surface area is 252 Å². The van der Waals surface area contributed by atoms with Crippen molar-refractivity contribution in [2.45, 2.75) is 50.6 Å². The van der Waals surface area contributed by atoms with Gasteiger partial charge in [-0.15, -0.1) is 0 Å². The molecule has 1 atom stereocenters. The summed E-state index contributed by atoms with van der Waals surface area (Å²) < 4.78 is 34.0. The van der Waals surface area contributed by atoms with Crippen LogP contribution in [0.4, 0.5) is 5.69 Å². The number of methoxy groups -OCH3 is 1. The van der Waals surface area contributed by atoms with E-state index in [1.165, 1.54) is 24.1 Å². The average Bonchev–Trinajstić information content (AvgIpc) is 2.97. The predicted molar refractivity (Wildman–Crippen MR) is 163 cm³/mol. The number of anilines is 1. The number of ether oxygens (including phenoxy) is 1. The molecule has 0 saturated heterocycles. The molecule has 1 N–H and O–H groups in total. The van der Waals surface area contributed by atoms with Crippen LogP contribution in [0.1, 0.15) is 38.7 Å². The number of benzene rings is 3. The summed E-state index contributed by atoms with van der Waals surface area (Å²) in [6.45, 7) is 3.62. The van der Waals surface area contributed by atoms with Crippen LogP contribution in [-0.4, -0.2) is 51.4 Å². The van der Waals surface area contributed by atoms with Crippen LogP contribution in [0.5, 0.6) is 5.75 Å². The Morgan fingerprint density at radius 2 is 1.56 bits per heavy atom. The zero-order valence-corrected chi connectivity index (χ0v) is 25.7. The molecule has 0 aliphatic heterocycles. The van der Waals surface area contributed by atoms with Gasteiger partial charge in [-0.05, 0) is 61.4 Å². The second-order valence-corrected chi connectivity index (χ2v) is 12.0. The number of unbranched alkanes of at least 4 members (excludes halogenated alkanes) is 1. The lowest BCUT2D eigenvalue weighted by atomic mass is 10.1. The molecule has 0 saturated carbocycles. The van der Waals surface area contributed by atoms with Crippen molar-refractivity contribution in [2.24, 2.45) is 0 Å². The highest BCUT2D eigenvalue weighted by atomic mass is 35.5. The Balaban J connectivity index is 2.06. The van der Waals surface area contributed by atoms with Crippen LogP contribution in [0.15, 0.2) is 77.7 Å². The maximum atomic E-state index is 14.1. The van der Waals surface area contributed by atoms with Gasteiger partial charge < -0.3 is 15.0 Å². The first kappa shape index (κ1) is 32.2. The molecule has 0 fully saturated rings. The lowest BCUT2D eigenvalue weighted by Crippen LogP contribution is -2.52. The zero-order chi connectivity index (χ0) is 30.0. The molecule has 0 aliphatic rings. The number of carbonyl (C=O) groups excluding carboxylic acids is 2. The van der Waals surface area contributed by atoms with Crippen molar-refractivity contribution < 1.29 is 22.7 Å². The molecule has 3 aromatic carbocycles. The van der Waals surface area contributed by atoms with Crippen molar-refractivity contribution >= 4 is 50.7 Å². The topological polar surface area (TPSA) is 96.0 Å². The molecule has 0 aromatic heterocycles. The summed E-state index contributed by atoms with van der Waals surface area (Å²) in [4.78, 5) is 28.8. The van der Waals surface area contributed by atoms with E-state index in [1.54, 1.807) is 67.6 Å².